The smallest absolute Gasteiger partial charge is 0.305 e. The third kappa shape index (κ3) is 16.6. The molecule has 0 saturated heterocycles. The number of rotatable bonds is 20. The monoisotopic (exact) mass is 431 g/mol. The molecule has 7 nitrogen and oxygen atoms in total. The Morgan fingerprint density at radius 2 is 1.43 bits per heavy atom. The summed E-state index contributed by atoms with van der Waals surface area (Å²) in [6.45, 7) is 2.32. The van der Waals surface area contributed by atoms with Gasteiger partial charge >= 0.3 is 5.97 Å². The largest absolute Gasteiger partial charge is 0.544 e. The van der Waals surface area contributed by atoms with Crippen molar-refractivity contribution in [3.8, 4) is 0 Å². The molecule has 0 saturated carbocycles. The molecule has 178 valence electrons. The van der Waals surface area contributed by atoms with Gasteiger partial charge in [-0.05, 0) is 6.42 Å². The SMILES string of the molecule is CCCCCCCCCCCCC(=O)OCC(O)COCCC(C(=O)[O-])[N+](C)(C)C. The van der Waals surface area contributed by atoms with Crippen molar-refractivity contribution in [3.05, 3.63) is 0 Å². The number of carboxylic acid groups (broad SMARTS) is 1. The third-order valence-electron chi connectivity index (χ3n) is 5.22. The number of ether oxygens (including phenoxy) is 2. The third-order valence-corrected chi connectivity index (χ3v) is 5.22. The Morgan fingerprint density at radius 3 is 1.93 bits per heavy atom. The predicted octanol–water partition coefficient (Wildman–Crippen LogP) is 2.43. The molecule has 7 heteroatoms. The number of esters is 1. The number of carboxylic acids is 1. The van der Waals surface area contributed by atoms with E-state index in [2.05, 4.69) is 6.92 Å². The van der Waals surface area contributed by atoms with Gasteiger partial charge in [0.05, 0.1) is 40.3 Å². The first-order valence-corrected chi connectivity index (χ1v) is 11.6. The fraction of sp³-hybridized carbons (Fsp3) is 0.913. The molecule has 0 aromatic carbocycles. The van der Waals surface area contributed by atoms with E-state index in [0.717, 1.165) is 19.3 Å². The van der Waals surface area contributed by atoms with Crippen molar-refractivity contribution >= 4 is 11.9 Å². The minimum absolute atomic E-state index is 0.00243. The Morgan fingerprint density at radius 1 is 0.900 bits per heavy atom. The number of aliphatic carboxylic acids is 1. The Kier molecular flexibility index (Phi) is 16.8. The van der Waals surface area contributed by atoms with Gasteiger partial charge in [0, 0.05) is 12.8 Å². The summed E-state index contributed by atoms with van der Waals surface area (Å²) in [5, 5.41) is 21.0. The number of carbonyl (C=O) groups excluding carboxylic acids is 2. The van der Waals surface area contributed by atoms with Gasteiger partial charge < -0.3 is 29.0 Å². The zero-order valence-corrected chi connectivity index (χ0v) is 19.7. The molecule has 0 fully saturated rings. The van der Waals surface area contributed by atoms with Gasteiger partial charge in [0.1, 0.15) is 18.8 Å². The average molecular weight is 432 g/mol. The number of likely N-dealkylation sites (N-methyl/N-ethyl adjacent to an activating group) is 1. The quantitative estimate of drug-likeness (QED) is 0.181. The molecule has 0 spiro atoms. The summed E-state index contributed by atoms with van der Waals surface area (Å²) < 4.78 is 10.6. The van der Waals surface area contributed by atoms with Crippen LogP contribution in [0.2, 0.25) is 0 Å². The van der Waals surface area contributed by atoms with Crippen molar-refractivity contribution in [2.75, 3.05) is 41.0 Å². The van der Waals surface area contributed by atoms with Crippen molar-refractivity contribution in [1.29, 1.82) is 0 Å². The molecule has 0 aliphatic carbocycles. The number of nitrogens with zero attached hydrogens (tertiary/aromatic N) is 1. The zero-order valence-electron chi connectivity index (χ0n) is 19.7. The molecule has 0 aromatic heterocycles. The van der Waals surface area contributed by atoms with Gasteiger partial charge in [-0.2, -0.15) is 0 Å². The normalized spacial score (nSPS) is 13.8. The summed E-state index contributed by atoms with van der Waals surface area (Å²) in [5.41, 5.74) is 0. The van der Waals surface area contributed by atoms with Gasteiger partial charge in [0.15, 0.2) is 0 Å². The van der Waals surface area contributed by atoms with E-state index in [4.69, 9.17) is 9.47 Å². The first kappa shape index (κ1) is 28.8. The van der Waals surface area contributed by atoms with Crippen LogP contribution in [0.4, 0.5) is 0 Å². The molecule has 0 heterocycles. The topological polar surface area (TPSA) is 95.9 Å². The van der Waals surface area contributed by atoms with E-state index >= 15 is 0 Å². The first-order valence-electron chi connectivity index (χ1n) is 11.6. The van der Waals surface area contributed by atoms with Gasteiger partial charge in [0.2, 0.25) is 0 Å². The number of unbranched alkanes of at least 4 members (excludes halogenated alkanes) is 9. The second kappa shape index (κ2) is 17.5. The fourth-order valence-corrected chi connectivity index (χ4v) is 3.30. The maximum Gasteiger partial charge on any atom is 0.305 e. The Bertz CT molecular complexity index is 449. The second-order valence-electron chi connectivity index (χ2n) is 9.08. The van der Waals surface area contributed by atoms with Crippen LogP contribution in [0.3, 0.4) is 0 Å². The van der Waals surface area contributed by atoms with E-state index in [0.29, 0.717) is 6.42 Å². The summed E-state index contributed by atoms with van der Waals surface area (Å²) in [6, 6.07) is -0.680. The van der Waals surface area contributed by atoms with Crippen molar-refractivity contribution in [2.45, 2.75) is 96.1 Å². The van der Waals surface area contributed by atoms with Crippen molar-refractivity contribution in [3.63, 3.8) is 0 Å². The van der Waals surface area contributed by atoms with Crippen LogP contribution in [0.5, 0.6) is 0 Å². The second-order valence-corrected chi connectivity index (χ2v) is 9.08. The van der Waals surface area contributed by atoms with Crippen LogP contribution in [0.1, 0.15) is 84.0 Å². The molecule has 0 aliphatic rings. The van der Waals surface area contributed by atoms with Crippen molar-refractivity contribution in [2.24, 2.45) is 0 Å². The maximum absolute atomic E-state index is 11.7. The van der Waals surface area contributed by atoms with Gasteiger partial charge in [-0.3, -0.25) is 4.79 Å². The lowest BCUT2D eigenvalue weighted by molar-refractivity contribution is -0.889. The van der Waals surface area contributed by atoms with E-state index in [-0.39, 0.29) is 36.7 Å². The highest BCUT2D eigenvalue weighted by molar-refractivity contribution is 5.69. The van der Waals surface area contributed by atoms with E-state index in [1.54, 1.807) is 21.1 Å². The highest BCUT2D eigenvalue weighted by atomic mass is 16.5. The summed E-state index contributed by atoms with van der Waals surface area (Å²) in [7, 11) is 5.34. The molecule has 0 rings (SSSR count). The molecule has 1 N–H and O–H groups in total. The molecule has 2 atom stereocenters. The van der Waals surface area contributed by atoms with Crippen molar-refractivity contribution in [1.82, 2.24) is 0 Å². The minimum atomic E-state index is -1.12. The minimum Gasteiger partial charge on any atom is -0.544 e. The van der Waals surface area contributed by atoms with Crippen LogP contribution in [0.25, 0.3) is 0 Å². The molecule has 30 heavy (non-hydrogen) atoms. The number of aliphatic hydroxyl groups is 1. The highest BCUT2D eigenvalue weighted by Crippen LogP contribution is 2.11. The predicted molar refractivity (Wildman–Crippen MR) is 116 cm³/mol. The highest BCUT2D eigenvalue weighted by Gasteiger charge is 2.24. The van der Waals surface area contributed by atoms with Gasteiger partial charge in [-0.1, -0.05) is 64.7 Å². The molecule has 0 bridgehead atoms. The van der Waals surface area contributed by atoms with Gasteiger partial charge in [-0.15, -0.1) is 0 Å². The van der Waals surface area contributed by atoms with E-state index < -0.39 is 18.1 Å². The fourth-order valence-electron chi connectivity index (χ4n) is 3.30. The molecule has 2 unspecified atom stereocenters. The van der Waals surface area contributed by atoms with Gasteiger partial charge in [0.25, 0.3) is 0 Å². The molecule has 0 aromatic rings. The standard InChI is InChI=1S/C23H45NO6/c1-5-6-7-8-9-10-11-12-13-14-15-22(26)30-19-20(25)18-29-17-16-21(23(27)28)24(2,3)4/h20-21,25H,5-19H2,1-4H3. The number of carbonyl (C=O) groups is 2. The average Bonchev–Trinajstić information content (AvgIpc) is 2.66. The van der Waals surface area contributed by atoms with E-state index in [9.17, 15) is 19.8 Å². The van der Waals surface area contributed by atoms with Crippen LogP contribution in [0, 0.1) is 0 Å². The lowest BCUT2D eigenvalue weighted by Crippen LogP contribution is -2.55. The first-order chi connectivity index (χ1) is 14.2. The van der Waals surface area contributed by atoms with Crippen LogP contribution in [0.15, 0.2) is 0 Å². The van der Waals surface area contributed by atoms with Crippen LogP contribution >= 0.6 is 0 Å². The zero-order chi connectivity index (χ0) is 22.8. The Balaban J connectivity index is 3.62. The molecular formula is C23H45NO6. The number of aliphatic hydroxyl groups excluding tert-OH is 1. The van der Waals surface area contributed by atoms with E-state index in [1.165, 1.54) is 44.9 Å². The van der Waals surface area contributed by atoms with Crippen LogP contribution < -0.4 is 5.11 Å². The summed E-state index contributed by atoms with van der Waals surface area (Å²) >= 11 is 0. The van der Waals surface area contributed by atoms with Crippen molar-refractivity contribution < 1.29 is 33.8 Å². The summed E-state index contributed by atoms with van der Waals surface area (Å²) in [4.78, 5) is 22.9. The Hall–Kier alpha value is -1.18. The van der Waals surface area contributed by atoms with Crippen LogP contribution in [-0.2, 0) is 19.1 Å². The summed E-state index contributed by atoms with van der Waals surface area (Å²) in [5.74, 6) is -1.41. The molecular weight excluding hydrogens is 386 g/mol. The van der Waals surface area contributed by atoms with Gasteiger partial charge in [-0.25, -0.2) is 0 Å². The van der Waals surface area contributed by atoms with E-state index in [1.807, 2.05) is 0 Å². The number of hydrogen-bond acceptors (Lipinski definition) is 6. The lowest BCUT2D eigenvalue weighted by Gasteiger charge is -2.34. The molecule has 0 aliphatic heterocycles. The Labute approximate surface area is 183 Å². The summed E-state index contributed by atoms with van der Waals surface area (Å²) in [6.07, 6.45) is 11.9. The van der Waals surface area contributed by atoms with Crippen LogP contribution in [-0.4, -0.2) is 74.6 Å². The molecule has 0 amide bonds. The number of hydrogen-bond donors (Lipinski definition) is 1. The lowest BCUT2D eigenvalue weighted by atomic mass is 10.1. The molecule has 0 radical (unpaired) electrons. The maximum atomic E-state index is 11.7. The number of quaternary nitrogens is 1.